The highest BCUT2D eigenvalue weighted by atomic mass is 19.4. The van der Waals surface area contributed by atoms with Crippen LogP contribution in [0.2, 0.25) is 0 Å². The topological polar surface area (TPSA) is 56.6 Å². The van der Waals surface area contributed by atoms with E-state index in [-0.39, 0.29) is 24.2 Å². The van der Waals surface area contributed by atoms with Crippen LogP contribution in [0.3, 0.4) is 0 Å². The van der Waals surface area contributed by atoms with Crippen molar-refractivity contribution < 1.29 is 22.7 Å². The summed E-state index contributed by atoms with van der Waals surface area (Å²) in [5.41, 5.74) is 3.92. The molecule has 38 heavy (non-hydrogen) atoms. The Morgan fingerprint density at radius 1 is 1.08 bits per heavy atom. The lowest BCUT2D eigenvalue weighted by Crippen LogP contribution is -2.34. The van der Waals surface area contributed by atoms with Crippen molar-refractivity contribution in [2.24, 2.45) is 5.92 Å². The number of carbonyl (C=O) groups is 1. The number of hydrogen-bond donors (Lipinski definition) is 0. The summed E-state index contributed by atoms with van der Waals surface area (Å²) in [6.45, 7) is 4.06. The lowest BCUT2D eigenvalue weighted by molar-refractivity contribution is -0.137. The maximum Gasteiger partial charge on any atom is 0.416 e. The third-order valence-corrected chi connectivity index (χ3v) is 7.91. The molecule has 1 amide bonds. The zero-order chi connectivity index (χ0) is 27.3. The van der Waals surface area contributed by atoms with Gasteiger partial charge in [0.05, 0.1) is 30.9 Å². The third-order valence-electron chi connectivity index (χ3n) is 7.91. The minimum Gasteiger partial charge on any atom is -0.453 e. The fourth-order valence-corrected chi connectivity index (χ4v) is 6.00. The van der Waals surface area contributed by atoms with E-state index in [1.807, 2.05) is 6.07 Å². The first kappa shape index (κ1) is 27.8. The summed E-state index contributed by atoms with van der Waals surface area (Å²) in [6.07, 6.45) is 3.84. The molecule has 0 radical (unpaired) electrons. The van der Waals surface area contributed by atoms with Gasteiger partial charge in [0, 0.05) is 25.3 Å². The predicted molar refractivity (Wildman–Crippen MR) is 141 cm³/mol. The fourth-order valence-electron chi connectivity index (χ4n) is 6.00. The molecule has 2 aromatic rings. The van der Waals surface area contributed by atoms with Gasteiger partial charge in [-0.3, -0.25) is 4.90 Å². The average molecular weight is 528 g/mol. The van der Waals surface area contributed by atoms with Gasteiger partial charge < -0.3 is 9.64 Å². The zero-order valence-electron chi connectivity index (χ0n) is 22.2. The summed E-state index contributed by atoms with van der Waals surface area (Å²) < 4.78 is 45.6. The number of fused-ring (bicyclic) bond motifs is 1. The Hall–Kier alpha value is -3.21. The van der Waals surface area contributed by atoms with E-state index in [4.69, 9.17) is 4.74 Å². The van der Waals surface area contributed by atoms with E-state index in [1.165, 1.54) is 54.9 Å². The second-order valence-corrected chi connectivity index (χ2v) is 10.5. The Morgan fingerprint density at radius 3 is 2.47 bits per heavy atom. The first-order valence-electron chi connectivity index (χ1n) is 13.6. The Bertz CT molecular complexity index is 1180. The smallest absolute Gasteiger partial charge is 0.416 e. The van der Waals surface area contributed by atoms with Gasteiger partial charge >= 0.3 is 12.3 Å². The van der Waals surface area contributed by atoms with E-state index in [0.717, 1.165) is 62.2 Å². The Balaban J connectivity index is 1.72. The second-order valence-electron chi connectivity index (χ2n) is 10.5. The van der Waals surface area contributed by atoms with E-state index >= 15 is 0 Å². The molecular weight excluding hydrogens is 491 g/mol. The van der Waals surface area contributed by atoms with Crippen LogP contribution in [0.25, 0.3) is 0 Å². The van der Waals surface area contributed by atoms with E-state index < -0.39 is 17.8 Å². The van der Waals surface area contributed by atoms with E-state index in [2.05, 4.69) is 24.0 Å². The van der Waals surface area contributed by atoms with Gasteiger partial charge in [0.1, 0.15) is 0 Å². The zero-order valence-corrected chi connectivity index (χ0v) is 22.2. The molecule has 2 aliphatic rings. The van der Waals surface area contributed by atoms with Gasteiger partial charge in [0.15, 0.2) is 0 Å². The van der Waals surface area contributed by atoms with Crippen molar-refractivity contribution in [2.75, 3.05) is 25.1 Å². The number of aryl methyl sites for hydroxylation is 1. The van der Waals surface area contributed by atoms with Crippen LogP contribution in [-0.4, -0.2) is 31.2 Å². The molecule has 2 aromatic carbocycles. The minimum absolute atomic E-state index is 0.0915. The predicted octanol–water partition coefficient (Wildman–Crippen LogP) is 7.24. The molecule has 0 N–H and O–H groups in total. The fraction of sp³-hybridized carbons (Fsp3) is 0.533. The normalized spacial score (nSPS) is 15.6. The van der Waals surface area contributed by atoms with Gasteiger partial charge in [-0.15, -0.1) is 0 Å². The monoisotopic (exact) mass is 527 g/mol. The summed E-state index contributed by atoms with van der Waals surface area (Å²) >= 11 is 0. The van der Waals surface area contributed by atoms with Crippen molar-refractivity contribution in [3.8, 4) is 6.07 Å². The van der Waals surface area contributed by atoms with Crippen molar-refractivity contribution in [3.05, 3.63) is 63.7 Å². The Labute approximate surface area is 223 Å². The molecule has 4 rings (SSSR count). The molecule has 0 unspecified atom stereocenters. The van der Waals surface area contributed by atoms with Crippen molar-refractivity contribution in [1.82, 2.24) is 4.90 Å². The lowest BCUT2D eigenvalue weighted by Gasteiger charge is -2.33. The molecule has 1 fully saturated rings. The molecule has 0 heterocycles. The highest BCUT2D eigenvalue weighted by molar-refractivity contribution is 5.69. The maximum atomic E-state index is 13.5. The molecule has 0 saturated heterocycles. The maximum absolute atomic E-state index is 13.5. The van der Waals surface area contributed by atoms with Crippen molar-refractivity contribution in [1.29, 1.82) is 5.26 Å². The number of methoxy groups -OCH3 is 1. The first-order valence-corrected chi connectivity index (χ1v) is 13.6. The SMILES string of the molecule is CCN(CC1CCCC1)c1ccc2c(c1CN(Cc1cc(C#N)cc(C(F)(F)F)c1)C(=O)OC)CCCC2. The van der Waals surface area contributed by atoms with Crippen LogP contribution in [0, 0.1) is 17.2 Å². The van der Waals surface area contributed by atoms with E-state index in [1.54, 1.807) is 0 Å². The average Bonchev–Trinajstić information content (AvgIpc) is 3.43. The van der Waals surface area contributed by atoms with Crippen molar-refractivity contribution in [2.45, 2.75) is 77.6 Å². The molecule has 5 nitrogen and oxygen atoms in total. The largest absolute Gasteiger partial charge is 0.453 e. The number of nitrogens with zero attached hydrogens (tertiary/aromatic N) is 3. The standard InChI is InChI=1S/C30H36F3N3O2/c1-3-35(18-21-8-4-5-9-21)28-13-12-24-10-6-7-11-26(24)27(28)20-36(29(37)38-2)19-23-14-22(17-34)15-25(16-23)30(31,32)33/h12-16,21H,3-11,18-20H2,1-2H3. The molecule has 2 aliphatic carbocycles. The first-order chi connectivity index (χ1) is 18.2. The molecule has 0 spiro atoms. The van der Waals surface area contributed by atoms with Gasteiger partial charge in [-0.05, 0) is 97.9 Å². The van der Waals surface area contributed by atoms with Crippen LogP contribution in [0.15, 0.2) is 30.3 Å². The molecule has 204 valence electrons. The minimum atomic E-state index is -4.59. The Morgan fingerprint density at radius 2 is 1.82 bits per heavy atom. The molecular formula is C30H36F3N3O2. The summed E-state index contributed by atoms with van der Waals surface area (Å²) in [6, 6.07) is 9.43. The van der Waals surface area contributed by atoms with Gasteiger partial charge in [0.25, 0.3) is 0 Å². The summed E-state index contributed by atoms with van der Waals surface area (Å²) in [5, 5.41) is 9.32. The van der Waals surface area contributed by atoms with Crippen LogP contribution in [0.5, 0.6) is 0 Å². The number of alkyl halides is 3. The molecule has 0 aromatic heterocycles. The number of halogens is 3. The summed E-state index contributed by atoms with van der Waals surface area (Å²) in [5.74, 6) is 0.644. The molecule has 0 atom stereocenters. The molecule has 0 aliphatic heterocycles. The lowest BCUT2D eigenvalue weighted by atomic mass is 9.86. The van der Waals surface area contributed by atoms with Crippen LogP contribution in [0.4, 0.5) is 23.7 Å². The summed E-state index contributed by atoms with van der Waals surface area (Å²) in [4.78, 5) is 16.8. The van der Waals surface area contributed by atoms with Crippen LogP contribution >= 0.6 is 0 Å². The van der Waals surface area contributed by atoms with Crippen LogP contribution in [0.1, 0.15) is 78.8 Å². The van der Waals surface area contributed by atoms with Crippen LogP contribution in [-0.2, 0) is 36.8 Å². The van der Waals surface area contributed by atoms with E-state index in [0.29, 0.717) is 5.92 Å². The number of carbonyl (C=O) groups excluding carboxylic acids is 1. The number of anilines is 1. The quantitative estimate of drug-likeness (QED) is 0.363. The molecule has 0 bridgehead atoms. The highest BCUT2D eigenvalue weighted by Gasteiger charge is 2.32. The number of rotatable bonds is 8. The number of benzene rings is 2. The van der Waals surface area contributed by atoms with E-state index in [9.17, 15) is 23.2 Å². The Kier molecular flexibility index (Phi) is 8.86. The highest BCUT2D eigenvalue weighted by Crippen LogP contribution is 2.36. The van der Waals surface area contributed by atoms with Crippen LogP contribution < -0.4 is 4.90 Å². The van der Waals surface area contributed by atoms with Crippen molar-refractivity contribution in [3.63, 3.8) is 0 Å². The number of ether oxygens (including phenoxy) is 1. The van der Waals surface area contributed by atoms with Gasteiger partial charge in [-0.2, -0.15) is 18.4 Å². The third kappa shape index (κ3) is 6.43. The van der Waals surface area contributed by atoms with Gasteiger partial charge in [-0.25, -0.2) is 4.79 Å². The number of hydrogen-bond acceptors (Lipinski definition) is 4. The number of nitriles is 1. The summed E-state index contributed by atoms with van der Waals surface area (Å²) in [7, 11) is 1.28. The van der Waals surface area contributed by atoms with Crippen molar-refractivity contribution >= 4 is 11.8 Å². The second kappa shape index (κ2) is 12.1. The molecule has 1 saturated carbocycles. The van der Waals surface area contributed by atoms with Gasteiger partial charge in [0.2, 0.25) is 0 Å². The van der Waals surface area contributed by atoms with Gasteiger partial charge in [-0.1, -0.05) is 18.9 Å². The molecule has 8 heteroatoms. The number of amides is 1.